The molecule has 1 heterocycles. The molecule has 20 heavy (non-hydrogen) atoms. The fourth-order valence-corrected chi connectivity index (χ4v) is 2.69. The zero-order valence-electron chi connectivity index (χ0n) is 12.0. The molecule has 0 aliphatic rings. The van der Waals surface area contributed by atoms with Crippen LogP contribution in [0.5, 0.6) is 0 Å². The van der Waals surface area contributed by atoms with Gasteiger partial charge in [-0.05, 0) is 37.9 Å². The van der Waals surface area contributed by atoms with Crippen molar-refractivity contribution in [3.05, 3.63) is 46.1 Å². The first-order chi connectivity index (χ1) is 9.60. The minimum atomic E-state index is -0.373. The maximum atomic E-state index is 11.1. The van der Waals surface area contributed by atoms with E-state index >= 15 is 0 Å². The van der Waals surface area contributed by atoms with E-state index in [1.807, 2.05) is 25.2 Å². The SMILES string of the molecule is CCC(c1ccc([N+](=O)[O-])c2ncccc12)C(C)NC. The molecule has 0 radical (unpaired) electrons. The molecule has 0 saturated heterocycles. The Morgan fingerprint density at radius 1 is 1.40 bits per heavy atom. The van der Waals surface area contributed by atoms with Gasteiger partial charge in [0.25, 0.3) is 5.69 Å². The number of fused-ring (bicyclic) bond motifs is 1. The number of rotatable bonds is 5. The quantitative estimate of drug-likeness (QED) is 0.670. The van der Waals surface area contributed by atoms with Crippen LogP contribution < -0.4 is 5.32 Å². The average molecular weight is 273 g/mol. The fraction of sp³-hybridized carbons (Fsp3) is 0.400. The lowest BCUT2D eigenvalue weighted by atomic mass is 9.87. The Morgan fingerprint density at radius 3 is 2.75 bits per heavy atom. The molecule has 106 valence electrons. The van der Waals surface area contributed by atoms with Crippen LogP contribution in [0.3, 0.4) is 0 Å². The molecule has 5 heteroatoms. The third-order valence-electron chi connectivity index (χ3n) is 3.88. The normalized spacial score (nSPS) is 14.2. The summed E-state index contributed by atoms with van der Waals surface area (Å²) in [7, 11) is 1.93. The van der Waals surface area contributed by atoms with E-state index in [0.717, 1.165) is 17.4 Å². The van der Waals surface area contributed by atoms with Gasteiger partial charge in [0, 0.05) is 23.7 Å². The first kappa shape index (κ1) is 14.4. The molecular weight excluding hydrogens is 254 g/mol. The van der Waals surface area contributed by atoms with Gasteiger partial charge in [0.2, 0.25) is 0 Å². The largest absolute Gasteiger partial charge is 0.317 e. The van der Waals surface area contributed by atoms with E-state index in [0.29, 0.717) is 17.5 Å². The van der Waals surface area contributed by atoms with Crippen molar-refractivity contribution < 1.29 is 4.92 Å². The zero-order valence-corrected chi connectivity index (χ0v) is 12.0. The smallest absolute Gasteiger partial charge is 0.295 e. The summed E-state index contributed by atoms with van der Waals surface area (Å²) >= 11 is 0. The van der Waals surface area contributed by atoms with Crippen LogP contribution in [0.4, 0.5) is 5.69 Å². The van der Waals surface area contributed by atoms with Gasteiger partial charge in [-0.2, -0.15) is 0 Å². The van der Waals surface area contributed by atoms with Crippen LogP contribution in [-0.2, 0) is 0 Å². The van der Waals surface area contributed by atoms with Crippen LogP contribution >= 0.6 is 0 Å². The topological polar surface area (TPSA) is 68.1 Å². The van der Waals surface area contributed by atoms with Gasteiger partial charge in [-0.15, -0.1) is 0 Å². The van der Waals surface area contributed by atoms with Gasteiger partial charge in [-0.25, -0.2) is 4.98 Å². The second-order valence-corrected chi connectivity index (χ2v) is 4.92. The van der Waals surface area contributed by atoms with Crippen LogP contribution in [0.15, 0.2) is 30.5 Å². The number of benzene rings is 1. The molecule has 2 unspecified atom stereocenters. The molecule has 2 aromatic rings. The van der Waals surface area contributed by atoms with Crippen LogP contribution in [0.1, 0.15) is 31.7 Å². The summed E-state index contributed by atoms with van der Waals surface area (Å²) in [5.41, 5.74) is 1.65. The first-order valence-electron chi connectivity index (χ1n) is 6.79. The van der Waals surface area contributed by atoms with Crippen molar-refractivity contribution in [1.29, 1.82) is 0 Å². The van der Waals surface area contributed by atoms with Crippen molar-refractivity contribution in [2.45, 2.75) is 32.2 Å². The van der Waals surface area contributed by atoms with E-state index in [2.05, 4.69) is 24.1 Å². The average Bonchev–Trinajstić information content (AvgIpc) is 2.47. The van der Waals surface area contributed by atoms with Crippen molar-refractivity contribution in [2.24, 2.45) is 0 Å². The molecule has 1 N–H and O–H groups in total. The third-order valence-corrected chi connectivity index (χ3v) is 3.88. The highest BCUT2D eigenvalue weighted by Crippen LogP contribution is 2.33. The summed E-state index contributed by atoms with van der Waals surface area (Å²) < 4.78 is 0. The van der Waals surface area contributed by atoms with E-state index < -0.39 is 0 Å². The second kappa shape index (κ2) is 5.96. The fourth-order valence-electron chi connectivity index (χ4n) is 2.69. The molecule has 0 bridgehead atoms. The van der Waals surface area contributed by atoms with Crippen molar-refractivity contribution in [2.75, 3.05) is 7.05 Å². The maximum Gasteiger partial charge on any atom is 0.295 e. The summed E-state index contributed by atoms with van der Waals surface area (Å²) in [6.45, 7) is 4.25. The molecule has 1 aromatic carbocycles. The van der Waals surface area contributed by atoms with E-state index in [9.17, 15) is 10.1 Å². The number of pyridine rings is 1. The number of nitrogens with one attached hydrogen (secondary N) is 1. The molecule has 0 spiro atoms. The monoisotopic (exact) mass is 273 g/mol. The Hall–Kier alpha value is -2.01. The van der Waals surface area contributed by atoms with Gasteiger partial charge < -0.3 is 5.32 Å². The van der Waals surface area contributed by atoms with E-state index in [1.54, 1.807) is 12.3 Å². The number of hydrogen-bond acceptors (Lipinski definition) is 4. The van der Waals surface area contributed by atoms with Gasteiger partial charge in [-0.3, -0.25) is 10.1 Å². The van der Waals surface area contributed by atoms with E-state index in [4.69, 9.17) is 0 Å². The van der Waals surface area contributed by atoms with Crippen molar-refractivity contribution in [3.8, 4) is 0 Å². The highest BCUT2D eigenvalue weighted by Gasteiger charge is 2.22. The summed E-state index contributed by atoms with van der Waals surface area (Å²) in [4.78, 5) is 14.9. The highest BCUT2D eigenvalue weighted by atomic mass is 16.6. The molecule has 2 atom stereocenters. The van der Waals surface area contributed by atoms with Crippen LogP contribution in [0.2, 0.25) is 0 Å². The van der Waals surface area contributed by atoms with Crippen LogP contribution in [0.25, 0.3) is 10.9 Å². The Labute approximate surface area is 118 Å². The molecule has 0 aliphatic heterocycles. The molecule has 0 aliphatic carbocycles. The Bertz CT molecular complexity index is 628. The van der Waals surface area contributed by atoms with Crippen molar-refractivity contribution in [1.82, 2.24) is 10.3 Å². The summed E-state index contributed by atoms with van der Waals surface area (Å²) in [6, 6.07) is 7.46. The standard InChI is InChI=1S/C15H19N3O2/c1-4-11(10(2)16-3)12-7-8-14(18(19)20)15-13(12)6-5-9-17-15/h5-11,16H,4H2,1-3H3. The Morgan fingerprint density at radius 2 is 2.15 bits per heavy atom. The van der Waals surface area contributed by atoms with Crippen molar-refractivity contribution in [3.63, 3.8) is 0 Å². The highest BCUT2D eigenvalue weighted by molar-refractivity contribution is 5.90. The Kier molecular flexibility index (Phi) is 4.29. The molecule has 2 rings (SSSR count). The number of aromatic nitrogens is 1. The predicted octanol–water partition coefficient (Wildman–Crippen LogP) is 3.24. The van der Waals surface area contributed by atoms with Crippen LogP contribution in [0, 0.1) is 10.1 Å². The zero-order chi connectivity index (χ0) is 14.7. The maximum absolute atomic E-state index is 11.1. The Balaban J connectivity index is 2.66. The lowest BCUT2D eigenvalue weighted by Crippen LogP contribution is -2.28. The van der Waals surface area contributed by atoms with Gasteiger partial charge in [0.05, 0.1) is 4.92 Å². The number of likely N-dealkylation sites (N-methyl/N-ethyl adjacent to an activating group) is 1. The summed E-state index contributed by atoms with van der Waals surface area (Å²) in [5.74, 6) is 0.299. The van der Waals surface area contributed by atoms with Crippen molar-refractivity contribution >= 4 is 16.6 Å². The number of nitrogens with zero attached hydrogens (tertiary/aromatic N) is 2. The third kappa shape index (κ3) is 2.49. The molecule has 0 amide bonds. The van der Waals surface area contributed by atoms with Gasteiger partial charge in [-0.1, -0.05) is 19.1 Å². The summed E-state index contributed by atoms with van der Waals surface area (Å²) in [5, 5.41) is 15.2. The summed E-state index contributed by atoms with van der Waals surface area (Å²) in [6.07, 6.45) is 2.56. The number of hydrogen-bond donors (Lipinski definition) is 1. The molecule has 5 nitrogen and oxygen atoms in total. The number of nitro groups is 1. The van der Waals surface area contributed by atoms with Gasteiger partial charge in [0.1, 0.15) is 5.52 Å². The van der Waals surface area contributed by atoms with Gasteiger partial charge >= 0.3 is 0 Å². The minimum Gasteiger partial charge on any atom is -0.317 e. The first-order valence-corrected chi connectivity index (χ1v) is 6.79. The predicted molar refractivity (Wildman–Crippen MR) is 80.0 cm³/mol. The minimum absolute atomic E-state index is 0.0660. The molecule has 0 fully saturated rings. The van der Waals surface area contributed by atoms with Crippen LogP contribution in [-0.4, -0.2) is 23.0 Å². The molecule has 0 saturated carbocycles. The lowest BCUT2D eigenvalue weighted by molar-refractivity contribution is -0.383. The van der Waals surface area contributed by atoms with E-state index in [-0.39, 0.29) is 10.6 Å². The number of nitro benzene ring substituents is 1. The number of non-ortho nitro benzene ring substituents is 1. The molecular formula is C15H19N3O2. The second-order valence-electron chi connectivity index (χ2n) is 4.92. The van der Waals surface area contributed by atoms with E-state index in [1.165, 1.54) is 0 Å². The van der Waals surface area contributed by atoms with Gasteiger partial charge in [0.15, 0.2) is 0 Å². The molecule has 1 aromatic heterocycles. The lowest BCUT2D eigenvalue weighted by Gasteiger charge is -2.24.